The van der Waals surface area contributed by atoms with Crippen LogP contribution >= 0.6 is 11.8 Å². The van der Waals surface area contributed by atoms with Crippen LogP contribution in [0.2, 0.25) is 0 Å². The van der Waals surface area contributed by atoms with Crippen LogP contribution in [0, 0.1) is 11.3 Å². The number of aromatic nitrogens is 2. The van der Waals surface area contributed by atoms with Gasteiger partial charge in [-0.2, -0.15) is 5.26 Å². The van der Waals surface area contributed by atoms with E-state index < -0.39 is 0 Å². The van der Waals surface area contributed by atoms with Gasteiger partial charge in [0.2, 0.25) is 0 Å². The molecule has 0 unspecified atom stereocenters. The summed E-state index contributed by atoms with van der Waals surface area (Å²) < 4.78 is 7.51. The molecule has 0 saturated carbocycles. The summed E-state index contributed by atoms with van der Waals surface area (Å²) >= 11 is 1.43. The molecule has 0 aliphatic heterocycles. The molecule has 3 aromatic rings. The fraction of sp³-hybridized carbons (Fsp3) is 0.125. The van der Waals surface area contributed by atoms with Gasteiger partial charge in [0, 0.05) is 0 Å². The number of hydrogen-bond acceptors (Lipinski definition) is 4. The van der Waals surface area contributed by atoms with Crippen LogP contribution in [0.15, 0.2) is 64.5 Å². The van der Waals surface area contributed by atoms with Crippen LogP contribution in [-0.2, 0) is 6.54 Å². The molecule has 0 amide bonds. The van der Waals surface area contributed by atoms with E-state index in [0.717, 1.165) is 22.2 Å². The van der Waals surface area contributed by atoms with E-state index in [1.54, 1.807) is 6.26 Å². The molecular weight excluding hydrogens is 282 g/mol. The van der Waals surface area contributed by atoms with Gasteiger partial charge in [0.05, 0.1) is 36.5 Å². The van der Waals surface area contributed by atoms with E-state index in [1.165, 1.54) is 11.8 Å². The highest BCUT2D eigenvalue weighted by Crippen LogP contribution is 2.27. The number of rotatable bonds is 5. The highest BCUT2D eigenvalue weighted by atomic mass is 32.2. The first-order valence-corrected chi connectivity index (χ1v) is 7.50. The summed E-state index contributed by atoms with van der Waals surface area (Å²) in [6, 6.07) is 16.0. The van der Waals surface area contributed by atoms with Crippen molar-refractivity contribution in [3.05, 3.63) is 60.7 Å². The molecule has 104 valence electrons. The summed E-state index contributed by atoms with van der Waals surface area (Å²) in [5, 5.41) is 9.60. The zero-order valence-electron chi connectivity index (χ0n) is 11.3. The molecule has 0 radical (unpaired) electrons. The Hall–Kier alpha value is -2.45. The zero-order valence-corrected chi connectivity index (χ0v) is 12.1. The lowest BCUT2D eigenvalue weighted by molar-refractivity contribution is 0.485. The SMILES string of the molecule is N#CCSc1ncc(-c2ccccc2)n1Cc1ccco1. The first-order valence-electron chi connectivity index (χ1n) is 6.51. The van der Waals surface area contributed by atoms with Crippen LogP contribution in [0.1, 0.15) is 5.76 Å². The van der Waals surface area contributed by atoms with E-state index in [-0.39, 0.29) is 0 Å². The average Bonchev–Trinajstić information content (AvgIpc) is 3.17. The Morgan fingerprint density at radius 1 is 1.19 bits per heavy atom. The van der Waals surface area contributed by atoms with Crippen LogP contribution in [-0.4, -0.2) is 15.3 Å². The molecule has 2 heterocycles. The number of furan rings is 1. The topological polar surface area (TPSA) is 54.8 Å². The van der Waals surface area contributed by atoms with Crippen LogP contribution in [0.3, 0.4) is 0 Å². The summed E-state index contributed by atoms with van der Waals surface area (Å²) in [6.07, 6.45) is 3.51. The van der Waals surface area contributed by atoms with Crippen molar-refractivity contribution in [2.45, 2.75) is 11.7 Å². The normalized spacial score (nSPS) is 10.4. The molecule has 0 fully saturated rings. The molecule has 0 spiro atoms. The van der Waals surface area contributed by atoms with Crippen molar-refractivity contribution in [1.82, 2.24) is 9.55 Å². The fourth-order valence-corrected chi connectivity index (χ4v) is 2.76. The van der Waals surface area contributed by atoms with Crippen LogP contribution in [0.5, 0.6) is 0 Å². The number of nitrogens with zero attached hydrogens (tertiary/aromatic N) is 3. The maximum atomic E-state index is 8.77. The Labute approximate surface area is 127 Å². The van der Waals surface area contributed by atoms with E-state index in [2.05, 4.69) is 15.6 Å². The molecule has 0 aliphatic carbocycles. The molecule has 0 saturated heterocycles. The maximum Gasteiger partial charge on any atom is 0.169 e. The number of thioether (sulfide) groups is 1. The van der Waals surface area contributed by atoms with E-state index >= 15 is 0 Å². The maximum absolute atomic E-state index is 8.77. The molecule has 0 N–H and O–H groups in total. The summed E-state index contributed by atoms with van der Waals surface area (Å²) in [5.41, 5.74) is 2.12. The van der Waals surface area contributed by atoms with Gasteiger partial charge < -0.3 is 8.98 Å². The average molecular weight is 295 g/mol. The highest BCUT2D eigenvalue weighted by molar-refractivity contribution is 7.99. The van der Waals surface area contributed by atoms with E-state index in [4.69, 9.17) is 9.68 Å². The minimum absolute atomic E-state index is 0.378. The third kappa shape index (κ3) is 3.01. The largest absolute Gasteiger partial charge is 0.467 e. The Bertz CT molecular complexity index is 742. The number of benzene rings is 1. The summed E-state index contributed by atoms with van der Waals surface area (Å²) in [5.74, 6) is 1.24. The van der Waals surface area contributed by atoms with Crippen LogP contribution in [0.4, 0.5) is 0 Å². The molecule has 5 heteroatoms. The molecule has 0 atom stereocenters. The van der Waals surface area contributed by atoms with Gasteiger partial charge in [0.15, 0.2) is 5.16 Å². The first kappa shape index (κ1) is 13.5. The standard InChI is InChI=1S/C16H13N3OS/c17-8-10-21-16-18-11-15(13-5-2-1-3-6-13)19(16)12-14-7-4-9-20-14/h1-7,9,11H,10,12H2. The summed E-state index contributed by atoms with van der Waals surface area (Å²) in [6.45, 7) is 0.602. The molecular formula is C16H13N3OS. The molecule has 1 aromatic carbocycles. The lowest BCUT2D eigenvalue weighted by Gasteiger charge is -2.09. The molecule has 4 nitrogen and oxygen atoms in total. The Kier molecular flexibility index (Phi) is 4.08. The number of imidazole rings is 1. The van der Waals surface area contributed by atoms with Crippen molar-refractivity contribution in [1.29, 1.82) is 5.26 Å². The fourth-order valence-electron chi connectivity index (χ4n) is 2.12. The molecule has 0 bridgehead atoms. The van der Waals surface area contributed by atoms with Crippen molar-refractivity contribution in [3.63, 3.8) is 0 Å². The van der Waals surface area contributed by atoms with Crippen molar-refractivity contribution in [3.8, 4) is 17.3 Å². The van der Waals surface area contributed by atoms with Gasteiger partial charge in [-0.1, -0.05) is 42.1 Å². The minimum atomic E-state index is 0.378. The lowest BCUT2D eigenvalue weighted by atomic mass is 10.2. The summed E-state index contributed by atoms with van der Waals surface area (Å²) in [4.78, 5) is 4.44. The van der Waals surface area contributed by atoms with Crippen molar-refractivity contribution >= 4 is 11.8 Å². The summed E-state index contributed by atoms with van der Waals surface area (Å²) in [7, 11) is 0. The smallest absolute Gasteiger partial charge is 0.169 e. The van der Waals surface area contributed by atoms with Crippen LogP contribution < -0.4 is 0 Å². The number of nitriles is 1. The van der Waals surface area contributed by atoms with Gasteiger partial charge in [0.25, 0.3) is 0 Å². The van der Waals surface area contributed by atoms with Crippen molar-refractivity contribution in [2.24, 2.45) is 0 Å². The van der Waals surface area contributed by atoms with E-state index in [0.29, 0.717) is 12.3 Å². The lowest BCUT2D eigenvalue weighted by Crippen LogP contribution is -2.03. The quantitative estimate of drug-likeness (QED) is 0.672. The van der Waals surface area contributed by atoms with Gasteiger partial charge in [-0.25, -0.2) is 4.98 Å². The van der Waals surface area contributed by atoms with Crippen molar-refractivity contribution < 1.29 is 4.42 Å². The Morgan fingerprint density at radius 2 is 2.05 bits per heavy atom. The molecule has 0 aliphatic rings. The third-order valence-electron chi connectivity index (χ3n) is 3.05. The predicted octanol–water partition coefficient (Wildman–Crippen LogP) is 3.81. The third-order valence-corrected chi connectivity index (χ3v) is 3.91. The second-order valence-electron chi connectivity index (χ2n) is 4.40. The van der Waals surface area contributed by atoms with Crippen molar-refractivity contribution in [2.75, 3.05) is 5.75 Å². The molecule has 2 aromatic heterocycles. The molecule has 3 rings (SSSR count). The first-order chi connectivity index (χ1) is 10.4. The Morgan fingerprint density at radius 3 is 2.76 bits per heavy atom. The monoisotopic (exact) mass is 295 g/mol. The van der Waals surface area contributed by atoms with Gasteiger partial charge in [-0.05, 0) is 17.7 Å². The zero-order chi connectivity index (χ0) is 14.5. The second-order valence-corrected chi connectivity index (χ2v) is 5.35. The highest BCUT2D eigenvalue weighted by Gasteiger charge is 2.13. The van der Waals surface area contributed by atoms with Crippen LogP contribution in [0.25, 0.3) is 11.3 Å². The minimum Gasteiger partial charge on any atom is -0.467 e. The molecule has 21 heavy (non-hydrogen) atoms. The van der Waals surface area contributed by atoms with Gasteiger partial charge >= 0.3 is 0 Å². The van der Waals surface area contributed by atoms with Gasteiger partial charge in [-0.3, -0.25) is 0 Å². The van der Waals surface area contributed by atoms with E-state index in [9.17, 15) is 0 Å². The van der Waals surface area contributed by atoms with E-state index in [1.807, 2.05) is 48.7 Å². The second kappa shape index (κ2) is 6.33. The number of hydrogen-bond donors (Lipinski definition) is 0. The van der Waals surface area contributed by atoms with Gasteiger partial charge in [0.1, 0.15) is 5.76 Å². The predicted molar refractivity (Wildman–Crippen MR) is 81.8 cm³/mol. The van der Waals surface area contributed by atoms with Gasteiger partial charge in [-0.15, -0.1) is 0 Å². The Balaban J connectivity index is 2.00.